The molecule has 0 aromatic rings. The molecule has 0 heterocycles. The molecule has 3 N–H and O–H groups in total. The number of carboxylic acids is 1. The van der Waals surface area contributed by atoms with Gasteiger partial charge in [-0.1, -0.05) is 25.7 Å². The van der Waals surface area contributed by atoms with Crippen molar-refractivity contribution < 1.29 is 19.4 Å². The highest BCUT2D eigenvalue weighted by molar-refractivity contribution is 5.86. The third kappa shape index (κ3) is 4.67. The van der Waals surface area contributed by atoms with Gasteiger partial charge in [0.05, 0.1) is 12.1 Å². The summed E-state index contributed by atoms with van der Waals surface area (Å²) in [7, 11) is 1.56. The second kappa shape index (κ2) is 6.92. The summed E-state index contributed by atoms with van der Waals surface area (Å²) in [4.78, 5) is 23.7. The van der Waals surface area contributed by atoms with Crippen molar-refractivity contribution in [1.82, 2.24) is 10.6 Å². The molecule has 0 spiro atoms. The van der Waals surface area contributed by atoms with E-state index in [2.05, 4.69) is 10.6 Å². The van der Waals surface area contributed by atoms with E-state index in [-0.39, 0.29) is 0 Å². The molecule has 0 atom stereocenters. The Bertz CT molecular complexity index is 347. The minimum Gasteiger partial charge on any atom is -0.480 e. The van der Waals surface area contributed by atoms with Crippen molar-refractivity contribution in [3.8, 4) is 0 Å². The Morgan fingerprint density at radius 1 is 1.20 bits per heavy atom. The van der Waals surface area contributed by atoms with E-state index in [0.29, 0.717) is 19.4 Å². The third-order valence-corrected chi connectivity index (χ3v) is 3.68. The zero-order valence-electron chi connectivity index (χ0n) is 12.6. The molecule has 20 heavy (non-hydrogen) atoms. The Kier molecular flexibility index (Phi) is 5.80. The van der Waals surface area contributed by atoms with Crippen LogP contribution in [0.25, 0.3) is 0 Å². The molecule has 116 valence electrons. The summed E-state index contributed by atoms with van der Waals surface area (Å²) in [6.07, 6.45) is 4.67. The first-order valence-corrected chi connectivity index (χ1v) is 7.14. The van der Waals surface area contributed by atoms with Crippen molar-refractivity contribution in [3.05, 3.63) is 0 Å². The fourth-order valence-electron chi connectivity index (χ4n) is 2.68. The van der Waals surface area contributed by atoms with Gasteiger partial charge in [0.25, 0.3) is 0 Å². The smallest absolute Gasteiger partial charge is 0.329 e. The number of carbonyl (C=O) groups excluding carboxylic acids is 1. The van der Waals surface area contributed by atoms with Crippen molar-refractivity contribution >= 4 is 12.0 Å². The SMILES string of the molecule is COCC(C)(C)NC(=O)NC1(C(=O)O)CCCCCC1. The molecule has 0 aromatic heterocycles. The Labute approximate surface area is 120 Å². The van der Waals surface area contributed by atoms with E-state index in [0.717, 1.165) is 25.7 Å². The van der Waals surface area contributed by atoms with Gasteiger partial charge in [-0.05, 0) is 26.7 Å². The summed E-state index contributed by atoms with van der Waals surface area (Å²) in [5.74, 6) is -0.945. The molecule has 1 fully saturated rings. The van der Waals surface area contributed by atoms with Gasteiger partial charge >= 0.3 is 12.0 Å². The maximum Gasteiger partial charge on any atom is 0.329 e. The van der Waals surface area contributed by atoms with E-state index in [1.54, 1.807) is 7.11 Å². The fourth-order valence-corrected chi connectivity index (χ4v) is 2.68. The van der Waals surface area contributed by atoms with E-state index >= 15 is 0 Å². The van der Waals surface area contributed by atoms with Crippen LogP contribution in [0.1, 0.15) is 52.4 Å². The number of aliphatic carboxylic acids is 1. The van der Waals surface area contributed by atoms with Crippen molar-refractivity contribution in [2.24, 2.45) is 0 Å². The van der Waals surface area contributed by atoms with Gasteiger partial charge < -0.3 is 20.5 Å². The lowest BCUT2D eigenvalue weighted by Crippen LogP contribution is -2.60. The molecule has 1 aliphatic rings. The number of nitrogens with one attached hydrogen (secondary N) is 2. The molecule has 0 aromatic carbocycles. The van der Waals surface area contributed by atoms with E-state index in [1.807, 2.05) is 13.8 Å². The maximum atomic E-state index is 12.1. The van der Waals surface area contributed by atoms with Crippen LogP contribution in [0.15, 0.2) is 0 Å². The highest BCUT2D eigenvalue weighted by Crippen LogP contribution is 2.27. The summed E-state index contributed by atoms with van der Waals surface area (Å²) in [5, 5.41) is 14.9. The maximum absolute atomic E-state index is 12.1. The molecule has 2 amide bonds. The average Bonchev–Trinajstić information content (AvgIpc) is 2.54. The standard InChI is InChI=1S/C14H26N2O4/c1-13(2,10-20-3)15-12(19)16-14(11(17)18)8-6-4-5-7-9-14/h4-10H2,1-3H3,(H,17,18)(H2,15,16,19). The lowest BCUT2D eigenvalue weighted by molar-refractivity contribution is -0.145. The van der Waals surface area contributed by atoms with Crippen LogP contribution in [0.4, 0.5) is 4.79 Å². The molecule has 6 nitrogen and oxygen atoms in total. The van der Waals surface area contributed by atoms with Crippen LogP contribution in [0.3, 0.4) is 0 Å². The van der Waals surface area contributed by atoms with Gasteiger partial charge in [0.15, 0.2) is 0 Å². The third-order valence-electron chi connectivity index (χ3n) is 3.68. The molecule has 6 heteroatoms. The normalized spacial score (nSPS) is 18.9. The molecule has 0 bridgehead atoms. The van der Waals surface area contributed by atoms with E-state index in [9.17, 15) is 14.7 Å². The molecule has 0 saturated heterocycles. The number of carbonyl (C=O) groups is 2. The molecule has 1 rings (SSSR count). The summed E-state index contributed by atoms with van der Waals surface area (Å²) >= 11 is 0. The van der Waals surface area contributed by atoms with Gasteiger partial charge in [0.1, 0.15) is 5.54 Å². The van der Waals surface area contributed by atoms with Gasteiger partial charge in [-0.3, -0.25) is 0 Å². The molecule has 0 unspecified atom stereocenters. The minimum absolute atomic E-state index is 0.362. The summed E-state index contributed by atoms with van der Waals surface area (Å²) in [6, 6.07) is -0.448. The second-order valence-electron chi connectivity index (χ2n) is 6.20. The van der Waals surface area contributed by atoms with Crippen LogP contribution < -0.4 is 10.6 Å². The van der Waals surface area contributed by atoms with Crippen molar-refractivity contribution in [2.75, 3.05) is 13.7 Å². The largest absolute Gasteiger partial charge is 0.480 e. The van der Waals surface area contributed by atoms with Gasteiger partial charge in [-0.25, -0.2) is 9.59 Å². The summed E-state index contributed by atoms with van der Waals surface area (Å²) in [6.45, 7) is 4.02. The van der Waals surface area contributed by atoms with Crippen LogP contribution in [-0.4, -0.2) is 41.9 Å². The number of carboxylic acid groups (broad SMARTS) is 1. The van der Waals surface area contributed by atoms with E-state index in [4.69, 9.17) is 4.74 Å². The number of methoxy groups -OCH3 is 1. The summed E-state index contributed by atoms with van der Waals surface area (Å²) in [5.41, 5.74) is -1.67. The van der Waals surface area contributed by atoms with Crippen LogP contribution in [0.5, 0.6) is 0 Å². The monoisotopic (exact) mass is 286 g/mol. The van der Waals surface area contributed by atoms with Gasteiger partial charge in [0.2, 0.25) is 0 Å². The van der Waals surface area contributed by atoms with Crippen molar-refractivity contribution in [3.63, 3.8) is 0 Å². The lowest BCUT2D eigenvalue weighted by atomic mass is 9.90. The minimum atomic E-state index is -1.14. The average molecular weight is 286 g/mol. The van der Waals surface area contributed by atoms with Gasteiger partial charge in [0, 0.05) is 7.11 Å². The highest BCUT2D eigenvalue weighted by atomic mass is 16.5. The first kappa shape index (κ1) is 16.8. The van der Waals surface area contributed by atoms with Crippen LogP contribution in [0, 0.1) is 0 Å². The molecular formula is C14H26N2O4. The topological polar surface area (TPSA) is 87.7 Å². The second-order valence-corrected chi connectivity index (χ2v) is 6.20. The summed E-state index contributed by atoms with van der Waals surface area (Å²) < 4.78 is 5.03. The predicted molar refractivity (Wildman–Crippen MR) is 75.7 cm³/mol. The molecule has 1 aliphatic carbocycles. The van der Waals surface area contributed by atoms with E-state index in [1.165, 1.54) is 0 Å². The van der Waals surface area contributed by atoms with Crippen molar-refractivity contribution in [1.29, 1.82) is 0 Å². The zero-order chi connectivity index (χ0) is 15.2. The fraction of sp³-hybridized carbons (Fsp3) is 0.857. The number of ether oxygens (including phenoxy) is 1. The number of hydrogen-bond acceptors (Lipinski definition) is 3. The number of urea groups is 1. The molecule has 0 aliphatic heterocycles. The van der Waals surface area contributed by atoms with Crippen LogP contribution in [-0.2, 0) is 9.53 Å². The number of amides is 2. The number of hydrogen-bond donors (Lipinski definition) is 3. The first-order valence-electron chi connectivity index (χ1n) is 7.14. The van der Waals surface area contributed by atoms with Crippen LogP contribution in [0.2, 0.25) is 0 Å². The Hall–Kier alpha value is -1.30. The van der Waals surface area contributed by atoms with Gasteiger partial charge in [-0.15, -0.1) is 0 Å². The predicted octanol–water partition coefficient (Wildman–Crippen LogP) is 1.89. The Morgan fingerprint density at radius 2 is 1.75 bits per heavy atom. The van der Waals surface area contributed by atoms with Gasteiger partial charge in [-0.2, -0.15) is 0 Å². The Morgan fingerprint density at radius 3 is 2.20 bits per heavy atom. The quantitative estimate of drug-likeness (QED) is 0.673. The number of rotatable bonds is 5. The zero-order valence-corrected chi connectivity index (χ0v) is 12.6. The molecule has 0 radical (unpaired) electrons. The van der Waals surface area contributed by atoms with E-state index < -0.39 is 23.1 Å². The van der Waals surface area contributed by atoms with Crippen LogP contribution >= 0.6 is 0 Å². The molecule has 1 saturated carbocycles. The first-order chi connectivity index (χ1) is 9.31. The van der Waals surface area contributed by atoms with Crippen molar-refractivity contribution in [2.45, 2.75) is 63.5 Å². The highest BCUT2D eigenvalue weighted by Gasteiger charge is 2.40. The lowest BCUT2D eigenvalue weighted by Gasteiger charge is -2.32. The Balaban J connectivity index is 2.70. The molecular weight excluding hydrogens is 260 g/mol.